The van der Waals surface area contributed by atoms with E-state index in [4.69, 9.17) is 15.0 Å². The van der Waals surface area contributed by atoms with Crippen molar-refractivity contribution in [3.63, 3.8) is 0 Å². The van der Waals surface area contributed by atoms with E-state index >= 15 is 0 Å². The van der Waals surface area contributed by atoms with Crippen LogP contribution in [0.15, 0.2) is 243 Å². The number of hydrogen-bond donors (Lipinski definition) is 0. The molecule has 0 radical (unpaired) electrons. The summed E-state index contributed by atoms with van der Waals surface area (Å²) >= 11 is 0. The first-order valence-corrected chi connectivity index (χ1v) is 23.6. The number of benzene rings is 11. The van der Waals surface area contributed by atoms with Gasteiger partial charge in [0.1, 0.15) is 0 Å². The summed E-state index contributed by atoms with van der Waals surface area (Å²) in [7, 11) is 0. The molecular formula is C66H40N4. The Kier molecular flexibility index (Phi) is 9.85. The van der Waals surface area contributed by atoms with Gasteiger partial charge < -0.3 is 0 Å². The van der Waals surface area contributed by atoms with Crippen LogP contribution in [0, 0.1) is 11.3 Å². The fourth-order valence-electron chi connectivity index (χ4n) is 10.4. The van der Waals surface area contributed by atoms with Gasteiger partial charge in [0, 0.05) is 22.3 Å². The van der Waals surface area contributed by atoms with Gasteiger partial charge in [-0.2, -0.15) is 5.26 Å². The second-order valence-electron chi connectivity index (χ2n) is 17.8. The predicted octanol–water partition coefficient (Wildman–Crippen LogP) is 17.0. The quantitative estimate of drug-likeness (QED) is 0.152. The van der Waals surface area contributed by atoms with Crippen molar-refractivity contribution in [2.24, 2.45) is 0 Å². The van der Waals surface area contributed by atoms with Gasteiger partial charge in [0.05, 0.1) is 11.6 Å². The van der Waals surface area contributed by atoms with Crippen LogP contribution >= 0.6 is 0 Å². The van der Waals surface area contributed by atoms with Gasteiger partial charge in [-0.25, -0.2) is 15.0 Å². The standard InChI is InChI=1S/C66H40N4/c67-41-51-38-45(44-19-10-20-46(37-44)55-35-36-62-59-29-9-8-28-58(59)61-32-14-31-60(55)63(61)62)33-34-56(51)57-27-7-6-26-54(57)48-22-12-24-50(40-48)66-69-64(43-16-2-1-3-17-43)68-65(70-66)49-23-11-21-47(39-49)53-30-13-18-42-15-4-5-25-52(42)53/h1-40H. The molecule has 12 aromatic rings. The lowest BCUT2D eigenvalue weighted by Crippen LogP contribution is -2.00. The largest absolute Gasteiger partial charge is 0.208 e. The zero-order valence-electron chi connectivity index (χ0n) is 37.9. The highest BCUT2D eigenvalue weighted by Crippen LogP contribution is 2.49. The van der Waals surface area contributed by atoms with Crippen molar-refractivity contribution >= 4 is 21.5 Å². The summed E-state index contributed by atoms with van der Waals surface area (Å²) in [4.78, 5) is 15.3. The van der Waals surface area contributed by atoms with Crippen molar-refractivity contribution in [1.82, 2.24) is 15.0 Å². The van der Waals surface area contributed by atoms with Crippen LogP contribution in [0.25, 0.3) is 134 Å². The van der Waals surface area contributed by atoms with E-state index in [0.717, 1.165) is 66.8 Å². The minimum absolute atomic E-state index is 0.574. The van der Waals surface area contributed by atoms with E-state index in [1.165, 1.54) is 49.4 Å². The fraction of sp³-hybridized carbons (Fsp3) is 0. The van der Waals surface area contributed by atoms with Crippen molar-refractivity contribution in [3.8, 4) is 118 Å². The molecule has 0 saturated heterocycles. The molecule has 0 unspecified atom stereocenters. The van der Waals surface area contributed by atoms with Crippen molar-refractivity contribution in [2.75, 3.05) is 0 Å². The number of rotatable bonds is 8. The number of aromatic nitrogens is 3. The molecule has 4 heteroatoms. The Hall–Kier alpha value is -9.56. The van der Waals surface area contributed by atoms with Crippen molar-refractivity contribution in [1.29, 1.82) is 5.26 Å². The molecular weight excluding hydrogens is 849 g/mol. The van der Waals surface area contributed by atoms with E-state index in [1.807, 2.05) is 48.5 Å². The molecule has 0 aliphatic heterocycles. The second-order valence-corrected chi connectivity index (χ2v) is 17.8. The molecule has 0 fully saturated rings. The van der Waals surface area contributed by atoms with Gasteiger partial charge in [0.2, 0.25) is 0 Å². The van der Waals surface area contributed by atoms with Gasteiger partial charge in [-0.05, 0) is 118 Å². The van der Waals surface area contributed by atoms with Crippen molar-refractivity contribution in [2.45, 2.75) is 0 Å². The third-order valence-corrected chi connectivity index (χ3v) is 13.7. The van der Waals surface area contributed by atoms with Crippen LogP contribution in [-0.2, 0) is 0 Å². The van der Waals surface area contributed by atoms with Gasteiger partial charge in [0.15, 0.2) is 17.5 Å². The van der Waals surface area contributed by atoms with Crippen LogP contribution in [0.1, 0.15) is 5.56 Å². The van der Waals surface area contributed by atoms with E-state index in [2.05, 4.69) is 200 Å². The van der Waals surface area contributed by atoms with Crippen LogP contribution < -0.4 is 0 Å². The number of fused-ring (bicyclic) bond motifs is 4. The summed E-state index contributed by atoms with van der Waals surface area (Å²) in [5.41, 5.74) is 18.9. The minimum Gasteiger partial charge on any atom is -0.208 e. The van der Waals surface area contributed by atoms with E-state index in [9.17, 15) is 5.26 Å². The average Bonchev–Trinajstić information content (AvgIpc) is 3.77. The third-order valence-electron chi connectivity index (χ3n) is 13.7. The smallest absolute Gasteiger partial charge is 0.164 e. The first kappa shape index (κ1) is 40.7. The lowest BCUT2D eigenvalue weighted by atomic mass is 9.89. The van der Waals surface area contributed by atoms with Crippen LogP contribution in [0.2, 0.25) is 0 Å². The first-order chi connectivity index (χ1) is 34.6. The highest BCUT2D eigenvalue weighted by atomic mass is 15.0. The lowest BCUT2D eigenvalue weighted by Gasteiger charge is -2.15. The summed E-state index contributed by atoms with van der Waals surface area (Å²) in [5.74, 6) is 1.77. The Morgan fingerprint density at radius 1 is 0.257 bits per heavy atom. The van der Waals surface area contributed by atoms with Gasteiger partial charge >= 0.3 is 0 Å². The Morgan fingerprint density at radius 2 is 0.657 bits per heavy atom. The van der Waals surface area contributed by atoms with E-state index in [1.54, 1.807) is 0 Å². The molecule has 324 valence electrons. The van der Waals surface area contributed by atoms with Crippen LogP contribution in [-0.4, -0.2) is 15.0 Å². The highest BCUT2D eigenvalue weighted by Gasteiger charge is 2.23. The molecule has 1 aliphatic carbocycles. The van der Waals surface area contributed by atoms with Crippen LogP contribution in [0.3, 0.4) is 0 Å². The summed E-state index contributed by atoms with van der Waals surface area (Å²) < 4.78 is 0. The molecule has 13 rings (SSSR count). The fourth-order valence-corrected chi connectivity index (χ4v) is 10.4. The molecule has 0 spiro atoms. The Labute approximate surface area is 406 Å². The number of nitrogens with zero attached hydrogens (tertiary/aromatic N) is 4. The number of hydrogen-bond acceptors (Lipinski definition) is 4. The lowest BCUT2D eigenvalue weighted by molar-refractivity contribution is 1.07. The molecule has 0 bridgehead atoms. The van der Waals surface area contributed by atoms with E-state index < -0.39 is 0 Å². The summed E-state index contributed by atoms with van der Waals surface area (Å²) in [6.45, 7) is 0. The maximum absolute atomic E-state index is 10.8. The molecule has 1 heterocycles. The molecule has 4 nitrogen and oxygen atoms in total. The molecule has 0 amide bonds. The van der Waals surface area contributed by atoms with Crippen molar-refractivity contribution in [3.05, 3.63) is 248 Å². The Morgan fingerprint density at radius 3 is 1.36 bits per heavy atom. The van der Waals surface area contributed by atoms with Gasteiger partial charge in [-0.3, -0.25) is 0 Å². The van der Waals surface area contributed by atoms with Crippen molar-refractivity contribution < 1.29 is 0 Å². The maximum atomic E-state index is 10.8. The van der Waals surface area contributed by atoms with E-state index in [0.29, 0.717) is 23.0 Å². The predicted molar refractivity (Wildman–Crippen MR) is 287 cm³/mol. The molecule has 0 saturated carbocycles. The summed E-state index contributed by atoms with van der Waals surface area (Å²) in [6.07, 6.45) is 0. The Balaban J connectivity index is 0.858. The molecule has 0 N–H and O–H groups in total. The zero-order chi connectivity index (χ0) is 46.5. The number of nitriles is 1. The first-order valence-electron chi connectivity index (χ1n) is 23.6. The topological polar surface area (TPSA) is 62.5 Å². The van der Waals surface area contributed by atoms with Gasteiger partial charge in [0.25, 0.3) is 0 Å². The Bertz CT molecular complexity index is 4050. The molecule has 0 atom stereocenters. The molecule has 1 aromatic heterocycles. The minimum atomic E-state index is 0.574. The normalized spacial score (nSPS) is 11.4. The summed E-state index contributed by atoms with van der Waals surface area (Å²) in [6, 6.07) is 87.4. The SMILES string of the molecule is N#Cc1cc(-c2cccc(-c3ccc4c5c(cccc35)-c3ccccc3-4)c2)ccc1-c1ccccc1-c1cccc(-c2nc(-c3ccccc3)nc(-c3cccc(-c4cccc5ccccc45)c3)n2)c1. The molecule has 70 heavy (non-hydrogen) atoms. The van der Waals surface area contributed by atoms with E-state index in [-0.39, 0.29) is 0 Å². The third kappa shape index (κ3) is 7.04. The molecule has 11 aromatic carbocycles. The molecule has 1 aliphatic rings. The van der Waals surface area contributed by atoms with Crippen LogP contribution in [0.5, 0.6) is 0 Å². The zero-order valence-corrected chi connectivity index (χ0v) is 37.9. The highest BCUT2D eigenvalue weighted by molar-refractivity contribution is 6.18. The monoisotopic (exact) mass is 888 g/mol. The van der Waals surface area contributed by atoms with Gasteiger partial charge in [-0.1, -0.05) is 218 Å². The average molecular weight is 889 g/mol. The second kappa shape index (κ2) is 16.9. The maximum Gasteiger partial charge on any atom is 0.164 e. The van der Waals surface area contributed by atoms with Gasteiger partial charge in [-0.15, -0.1) is 0 Å². The summed E-state index contributed by atoms with van der Waals surface area (Å²) in [5, 5.41) is 15.7. The van der Waals surface area contributed by atoms with Crippen LogP contribution in [0.4, 0.5) is 0 Å².